The van der Waals surface area contributed by atoms with Gasteiger partial charge >= 0.3 is 0 Å². The Bertz CT molecular complexity index is 1340. The number of hydrogen-bond acceptors (Lipinski definition) is 5. The first kappa shape index (κ1) is 21.9. The minimum absolute atomic E-state index is 0.154. The summed E-state index contributed by atoms with van der Waals surface area (Å²) in [5.74, 6) is -1.37. The predicted octanol–water partition coefficient (Wildman–Crippen LogP) is 2.61. The molecule has 3 amide bonds. The van der Waals surface area contributed by atoms with Crippen molar-refractivity contribution >= 4 is 23.4 Å². The summed E-state index contributed by atoms with van der Waals surface area (Å²) >= 11 is 0. The molecule has 0 aliphatic carbocycles. The third-order valence-electron chi connectivity index (χ3n) is 7.54. The highest BCUT2D eigenvalue weighted by Gasteiger charge is 2.41. The van der Waals surface area contributed by atoms with Gasteiger partial charge in [-0.2, -0.15) is 0 Å². The quantitative estimate of drug-likeness (QED) is 0.587. The van der Waals surface area contributed by atoms with Crippen molar-refractivity contribution in [1.29, 1.82) is 0 Å². The molecule has 1 N–H and O–H groups in total. The Labute approximate surface area is 201 Å². The minimum atomic E-state index is -0.696. The van der Waals surface area contributed by atoms with E-state index in [1.807, 2.05) is 16.7 Å². The maximum absolute atomic E-state index is 14.6. The monoisotopic (exact) mass is 475 g/mol. The number of piperidine rings is 2. The summed E-state index contributed by atoms with van der Waals surface area (Å²) in [5.41, 5.74) is 4.19. The highest BCUT2D eigenvalue weighted by molar-refractivity contribution is 6.05. The average Bonchev–Trinajstić information content (AvgIpc) is 3.44. The number of amides is 3. The van der Waals surface area contributed by atoms with Crippen LogP contribution in [0.1, 0.15) is 58.6 Å². The van der Waals surface area contributed by atoms with Gasteiger partial charge in [0.25, 0.3) is 5.91 Å². The lowest BCUT2D eigenvalue weighted by Gasteiger charge is -2.33. The molecule has 3 aromatic rings. The van der Waals surface area contributed by atoms with Crippen LogP contribution in [0.5, 0.6) is 0 Å². The summed E-state index contributed by atoms with van der Waals surface area (Å²) in [6, 6.07) is 6.27. The molecule has 9 heteroatoms. The van der Waals surface area contributed by atoms with Crippen molar-refractivity contribution in [1.82, 2.24) is 24.5 Å². The number of carbonyl (C=O) groups excluding carboxylic acids is 3. The molecule has 3 aliphatic rings. The van der Waals surface area contributed by atoms with Crippen molar-refractivity contribution in [3.05, 3.63) is 70.9 Å². The second-order valence-corrected chi connectivity index (χ2v) is 9.70. The highest BCUT2D eigenvalue weighted by atomic mass is 19.1. The molecule has 1 aromatic carbocycles. The molecular formula is C26H26FN5O3. The zero-order chi connectivity index (χ0) is 24.1. The van der Waals surface area contributed by atoms with Crippen LogP contribution in [0.3, 0.4) is 0 Å². The number of fused-ring (bicyclic) bond motifs is 2. The van der Waals surface area contributed by atoms with E-state index in [-0.39, 0.29) is 30.7 Å². The predicted molar refractivity (Wildman–Crippen MR) is 125 cm³/mol. The van der Waals surface area contributed by atoms with Gasteiger partial charge in [-0.3, -0.25) is 24.6 Å². The molecule has 180 valence electrons. The fourth-order valence-corrected chi connectivity index (χ4v) is 5.74. The van der Waals surface area contributed by atoms with Crippen molar-refractivity contribution in [3.63, 3.8) is 0 Å². The number of imidazole rings is 1. The number of nitrogens with zero attached hydrogens (tertiary/aromatic N) is 4. The molecule has 5 heterocycles. The number of aromatic nitrogens is 2. The molecule has 0 radical (unpaired) electrons. The van der Waals surface area contributed by atoms with Crippen LogP contribution in [0.25, 0.3) is 5.65 Å². The molecule has 35 heavy (non-hydrogen) atoms. The van der Waals surface area contributed by atoms with Crippen molar-refractivity contribution < 1.29 is 18.8 Å². The third-order valence-corrected chi connectivity index (χ3v) is 7.54. The molecule has 6 rings (SSSR count). The fourth-order valence-electron chi connectivity index (χ4n) is 5.74. The number of hydrogen-bond donors (Lipinski definition) is 1. The topological polar surface area (TPSA) is 87.0 Å². The van der Waals surface area contributed by atoms with Crippen LogP contribution >= 0.6 is 0 Å². The maximum Gasteiger partial charge on any atom is 0.255 e. The van der Waals surface area contributed by atoms with Crippen LogP contribution < -0.4 is 5.32 Å². The van der Waals surface area contributed by atoms with Gasteiger partial charge < -0.3 is 9.30 Å². The van der Waals surface area contributed by atoms with E-state index in [0.29, 0.717) is 12.0 Å². The second kappa shape index (κ2) is 8.57. The minimum Gasteiger partial charge on any atom is -0.322 e. The smallest absolute Gasteiger partial charge is 0.255 e. The number of benzene rings is 1. The van der Waals surface area contributed by atoms with Gasteiger partial charge in [0.05, 0.1) is 0 Å². The lowest BCUT2D eigenvalue weighted by Crippen LogP contribution is -2.52. The molecule has 3 aliphatic heterocycles. The van der Waals surface area contributed by atoms with Gasteiger partial charge in [0.1, 0.15) is 17.5 Å². The Morgan fingerprint density at radius 1 is 1.09 bits per heavy atom. The summed E-state index contributed by atoms with van der Waals surface area (Å²) in [4.78, 5) is 45.2. The van der Waals surface area contributed by atoms with E-state index >= 15 is 0 Å². The van der Waals surface area contributed by atoms with E-state index in [0.717, 1.165) is 49.2 Å². The van der Waals surface area contributed by atoms with E-state index < -0.39 is 17.8 Å². The van der Waals surface area contributed by atoms with Crippen LogP contribution in [0.4, 0.5) is 4.39 Å². The van der Waals surface area contributed by atoms with E-state index in [4.69, 9.17) is 0 Å². The SMILES string of the molecule is O=C1CCC(N2Cc3c(cc(F)cc3C3CCN(Cc4ccc5nccn5c4)CC3)C2=O)C(=O)N1. The van der Waals surface area contributed by atoms with Gasteiger partial charge in [-0.05, 0) is 73.2 Å². The van der Waals surface area contributed by atoms with Crippen LogP contribution in [0, 0.1) is 5.82 Å². The van der Waals surface area contributed by atoms with Crippen LogP contribution in [-0.4, -0.2) is 56.0 Å². The van der Waals surface area contributed by atoms with Gasteiger partial charge in [0.15, 0.2) is 0 Å². The first-order valence-electron chi connectivity index (χ1n) is 12.1. The molecule has 8 nitrogen and oxygen atoms in total. The number of halogens is 1. The van der Waals surface area contributed by atoms with Crippen molar-refractivity contribution in [2.24, 2.45) is 0 Å². The first-order valence-corrected chi connectivity index (χ1v) is 12.1. The molecule has 0 bridgehead atoms. The van der Waals surface area contributed by atoms with Crippen molar-refractivity contribution in [2.75, 3.05) is 13.1 Å². The third kappa shape index (κ3) is 3.99. The molecule has 2 aromatic heterocycles. The summed E-state index contributed by atoms with van der Waals surface area (Å²) in [7, 11) is 0. The first-order chi connectivity index (χ1) is 17.0. The largest absolute Gasteiger partial charge is 0.322 e. The lowest BCUT2D eigenvalue weighted by atomic mass is 9.85. The number of imide groups is 1. The summed E-state index contributed by atoms with van der Waals surface area (Å²) < 4.78 is 16.6. The van der Waals surface area contributed by atoms with E-state index in [2.05, 4.69) is 27.5 Å². The van der Waals surface area contributed by atoms with E-state index in [9.17, 15) is 18.8 Å². The standard InChI is InChI=1S/C26H26FN5O3/c27-18-11-19(21-15-32(26(35)20(21)12-18)22-2-4-24(33)29-25(22)34)17-5-8-30(9-6-17)13-16-1-3-23-28-7-10-31(23)14-16/h1,3,7,10-12,14,17,22H,2,4-6,8-9,13,15H2,(H,29,33,34). The number of pyridine rings is 1. The second-order valence-electron chi connectivity index (χ2n) is 9.70. The Morgan fingerprint density at radius 2 is 1.91 bits per heavy atom. The Hall–Kier alpha value is -3.59. The van der Waals surface area contributed by atoms with E-state index in [1.165, 1.54) is 16.5 Å². The van der Waals surface area contributed by atoms with Crippen molar-refractivity contribution in [2.45, 2.75) is 50.7 Å². The number of carbonyl (C=O) groups is 3. The van der Waals surface area contributed by atoms with E-state index in [1.54, 1.807) is 12.3 Å². The van der Waals surface area contributed by atoms with Gasteiger partial charge in [0, 0.05) is 43.7 Å². The molecular weight excluding hydrogens is 449 g/mol. The molecule has 0 spiro atoms. The normalized spacial score (nSPS) is 21.6. The number of nitrogens with one attached hydrogen (secondary N) is 1. The van der Waals surface area contributed by atoms with Gasteiger partial charge in [-0.15, -0.1) is 0 Å². The van der Waals surface area contributed by atoms with Crippen LogP contribution in [0.15, 0.2) is 42.9 Å². The molecule has 1 atom stereocenters. The zero-order valence-electron chi connectivity index (χ0n) is 19.2. The zero-order valence-corrected chi connectivity index (χ0v) is 19.2. The summed E-state index contributed by atoms with van der Waals surface area (Å²) in [6.45, 7) is 2.87. The Balaban J connectivity index is 1.17. The van der Waals surface area contributed by atoms with Crippen LogP contribution in [-0.2, 0) is 22.7 Å². The van der Waals surface area contributed by atoms with Crippen LogP contribution in [0.2, 0.25) is 0 Å². The summed E-state index contributed by atoms with van der Waals surface area (Å²) in [5, 5.41) is 2.32. The van der Waals surface area contributed by atoms with Gasteiger partial charge in [-0.1, -0.05) is 6.07 Å². The Morgan fingerprint density at radius 3 is 2.71 bits per heavy atom. The Kier molecular flexibility index (Phi) is 5.36. The maximum atomic E-state index is 14.6. The lowest BCUT2D eigenvalue weighted by molar-refractivity contribution is -0.136. The fraction of sp³-hybridized carbons (Fsp3) is 0.385. The average molecular weight is 476 g/mol. The molecule has 2 saturated heterocycles. The van der Waals surface area contributed by atoms with Gasteiger partial charge in [-0.25, -0.2) is 9.37 Å². The molecule has 2 fully saturated rings. The van der Waals surface area contributed by atoms with Crippen molar-refractivity contribution in [3.8, 4) is 0 Å². The number of rotatable bonds is 4. The summed E-state index contributed by atoms with van der Waals surface area (Å²) in [6.07, 6.45) is 8.06. The van der Waals surface area contributed by atoms with Gasteiger partial charge in [0.2, 0.25) is 11.8 Å². The number of likely N-dealkylation sites (tertiary alicyclic amines) is 1. The molecule has 1 unspecified atom stereocenters. The highest BCUT2D eigenvalue weighted by Crippen LogP contribution is 2.38. The molecule has 0 saturated carbocycles.